The SMILES string of the molecule is Cc1nc(N2CCN[C@@H](C)C2)n[nH]1. The number of H-pyrrole nitrogens is 1. The van der Waals surface area contributed by atoms with Gasteiger partial charge in [-0.15, -0.1) is 5.10 Å². The Morgan fingerprint density at radius 1 is 1.54 bits per heavy atom. The van der Waals surface area contributed by atoms with Gasteiger partial charge in [0.15, 0.2) is 0 Å². The summed E-state index contributed by atoms with van der Waals surface area (Å²) in [6, 6.07) is 0.521. The lowest BCUT2D eigenvalue weighted by Crippen LogP contribution is -2.49. The molecule has 0 saturated carbocycles. The molecule has 0 aliphatic carbocycles. The molecule has 2 rings (SSSR count). The second kappa shape index (κ2) is 3.33. The summed E-state index contributed by atoms with van der Waals surface area (Å²) in [5, 5.41) is 10.4. The monoisotopic (exact) mass is 181 g/mol. The fourth-order valence-electron chi connectivity index (χ4n) is 1.59. The van der Waals surface area contributed by atoms with Crippen LogP contribution in [0.4, 0.5) is 5.95 Å². The lowest BCUT2D eigenvalue weighted by Gasteiger charge is -2.30. The maximum absolute atomic E-state index is 4.30. The first-order chi connectivity index (χ1) is 6.25. The highest BCUT2D eigenvalue weighted by atomic mass is 15.4. The van der Waals surface area contributed by atoms with Crippen molar-refractivity contribution in [3.8, 4) is 0 Å². The van der Waals surface area contributed by atoms with Gasteiger partial charge in [0.1, 0.15) is 5.82 Å². The van der Waals surface area contributed by atoms with Crippen LogP contribution in [-0.2, 0) is 0 Å². The summed E-state index contributed by atoms with van der Waals surface area (Å²) in [6.07, 6.45) is 0. The Kier molecular flexibility index (Phi) is 2.18. The molecule has 72 valence electrons. The Hall–Kier alpha value is -1.10. The Morgan fingerprint density at radius 2 is 2.38 bits per heavy atom. The van der Waals surface area contributed by atoms with E-state index in [9.17, 15) is 0 Å². The number of aromatic amines is 1. The van der Waals surface area contributed by atoms with Gasteiger partial charge in [0.05, 0.1) is 0 Å². The van der Waals surface area contributed by atoms with Crippen molar-refractivity contribution in [2.45, 2.75) is 19.9 Å². The van der Waals surface area contributed by atoms with Crippen molar-refractivity contribution < 1.29 is 0 Å². The number of aromatic nitrogens is 3. The average Bonchev–Trinajstić information content (AvgIpc) is 2.52. The summed E-state index contributed by atoms with van der Waals surface area (Å²) in [5.74, 6) is 1.70. The normalized spacial score (nSPS) is 23.5. The van der Waals surface area contributed by atoms with Crippen LogP contribution in [0.3, 0.4) is 0 Å². The van der Waals surface area contributed by atoms with E-state index in [-0.39, 0.29) is 0 Å². The molecule has 2 N–H and O–H groups in total. The number of rotatable bonds is 1. The summed E-state index contributed by atoms with van der Waals surface area (Å²) in [4.78, 5) is 6.50. The molecule has 1 saturated heterocycles. The zero-order valence-corrected chi connectivity index (χ0v) is 8.04. The number of hydrogen-bond acceptors (Lipinski definition) is 4. The van der Waals surface area contributed by atoms with Crippen molar-refractivity contribution in [2.24, 2.45) is 0 Å². The third kappa shape index (κ3) is 1.80. The smallest absolute Gasteiger partial charge is 0.244 e. The van der Waals surface area contributed by atoms with Crippen molar-refractivity contribution in [3.05, 3.63) is 5.82 Å². The molecular formula is C8H15N5. The van der Waals surface area contributed by atoms with Crippen molar-refractivity contribution in [3.63, 3.8) is 0 Å². The van der Waals surface area contributed by atoms with E-state index >= 15 is 0 Å². The predicted octanol–water partition coefficient (Wildman–Crippen LogP) is -0.0888. The Morgan fingerprint density at radius 3 is 3.00 bits per heavy atom. The summed E-state index contributed by atoms with van der Waals surface area (Å²) >= 11 is 0. The van der Waals surface area contributed by atoms with Gasteiger partial charge in [-0.2, -0.15) is 4.98 Å². The molecule has 0 bridgehead atoms. The van der Waals surface area contributed by atoms with Gasteiger partial charge in [-0.1, -0.05) is 0 Å². The van der Waals surface area contributed by atoms with Gasteiger partial charge in [0.25, 0.3) is 0 Å². The molecule has 1 aromatic heterocycles. The molecule has 1 fully saturated rings. The van der Waals surface area contributed by atoms with Crippen LogP contribution in [0.15, 0.2) is 0 Å². The van der Waals surface area contributed by atoms with Crippen LogP contribution < -0.4 is 10.2 Å². The van der Waals surface area contributed by atoms with Crippen LogP contribution in [0, 0.1) is 6.92 Å². The summed E-state index contributed by atoms with van der Waals surface area (Å²) in [6.45, 7) is 7.07. The number of nitrogens with one attached hydrogen (secondary N) is 2. The maximum Gasteiger partial charge on any atom is 0.244 e. The Bertz CT molecular complexity index is 282. The topological polar surface area (TPSA) is 56.8 Å². The van der Waals surface area contributed by atoms with Crippen LogP contribution in [0.1, 0.15) is 12.7 Å². The third-order valence-corrected chi connectivity index (χ3v) is 2.24. The van der Waals surface area contributed by atoms with Crippen molar-refractivity contribution in [1.29, 1.82) is 0 Å². The predicted molar refractivity (Wildman–Crippen MR) is 50.8 cm³/mol. The largest absolute Gasteiger partial charge is 0.337 e. The van der Waals surface area contributed by atoms with Gasteiger partial charge in [-0.05, 0) is 13.8 Å². The molecule has 0 spiro atoms. The van der Waals surface area contributed by atoms with E-state index < -0.39 is 0 Å². The number of piperazine rings is 1. The van der Waals surface area contributed by atoms with Gasteiger partial charge in [0, 0.05) is 25.7 Å². The standard InChI is InChI=1S/C8H15N5/c1-6-5-13(4-3-9-6)8-10-7(2)11-12-8/h6,9H,3-5H2,1-2H3,(H,10,11,12)/t6-/m0/s1. The molecule has 0 unspecified atom stereocenters. The lowest BCUT2D eigenvalue weighted by atomic mass is 10.2. The molecule has 5 heteroatoms. The highest BCUT2D eigenvalue weighted by molar-refractivity contribution is 5.29. The molecule has 1 aliphatic rings. The summed E-state index contributed by atoms with van der Waals surface area (Å²) in [7, 11) is 0. The van der Waals surface area contributed by atoms with Gasteiger partial charge >= 0.3 is 0 Å². The van der Waals surface area contributed by atoms with E-state index in [4.69, 9.17) is 0 Å². The zero-order valence-electron chi connectivity index (χ0n) is 8.04. The van der Waals surface area contributed by atoms with Crippen molar-refractivity contribution >= 4 is 5.95 Å². The number of anilines is 1. The fourth-order valence-corrected chi connectivity index (χ4v) is 1.59. The zero-order chi connectivity index (χ0) is 9.26. The van der Waals surface area contributed by atoms with Crippen LogP contribution in [0.25, 0.3) is 0 Å². The van der Waals surface area contributed by atoms with E-state index in [1.165, 1.54) is 0 Å². The highest BCUT2D eigenvalue weighted by Gasteiger charge is 2.18. The quantitative estimate of drug-likeness (QED) is 0.636. The fraction of sp³-hybridized carbons (Fsp3) is 0.750. The first-order valence-electron chi connectivity index (χ1n) is 4.63. The van der Waals surface area contributed by atoms with Gasteiger partial charge < -0.3 is 10.2 Å². The van der Waals surface area contributed by atoms with E-state index in [1.807, 2.05) is 6.92 Å². The van der Waals surface area contributed by atoms with Gasteiger partial charge in [-0.3, -0.25) is 5.10 Å². The number of nitrogens with zero attached hydrogens (tertiary/aromatic N) is 3. The maximum atomic E-state index is 4.30. The second-order valence-corrected chi connectivity index (χ2v) is 3.52. The molecule has 0 amide bonds. The lowest BCUT2D eigenvalue weighted by molar-refractivity contribution is 0.480. The van der Waals surface area contributed by atoms with Crippen LogP contribution in [0.5, 0.6) is 0 Å². The van der Waals surface area contributed by atoms with Crippen molar-refractivity contribution in [1.82, 2.24) is 20.5 Å². The van der Waals surface area contributed by atoms with Crippen LogP contribution in [-0.4, -0.2) is 40.9 Å². The van der Waals surface area contributed by atoms with Crippen molar-refractivity contribution in [2.75, 3.05) is 24.5 Å². The van der Waals surface area contributed by atoms with Gasteiger partial charge in [-0.25, -0.2) is 0 Å². The number of aryl methyl sites for hydroxylation is 1. The Labute approximate surface area is 77.5 Å². The number of hydrogen-bond donors (Lipinski definition) is 2. The first kappa shape index (κ1) is 8.50. The second-order valence-electron chi connectivity index (χ2n) is 3.52. The van der Waals surface area contributed by atoms with Crippen LogP contribution in [0.2, 0.25) is 0 Å². The minimum absolute atomic E-state index is 0.521. The molecular weight excluding hydrogens is 166 g/mol. The molecule has 5 nitrogen and oxygen atoms in total. The minimum Gasteiger partial charge on any atom is -0.337 e. The molecule has 1 aromatic rings. The molecule has 1 aliphatic heterocycles. The molecule has 0 radical (unpaired) electrons. The summed E-state index contributed by atoms with van der Waals surface area (Å²) in [5.41, 5.74) is 0. The molecule has 1 atom stereocenters. The highest BCUT2D eigenvalue weighted by Crippen LogP contribution is 2.08. The van der Waals surface area contributed by atoms with Gasteiger partial charge in [0.2, 0.25) is 5.95 Å². The minimum atomic E-state index is 0.521. The van der Waals surface area contributed by atoms with E-state index in [2.05, 4.69) is 32.3 Å². The third-order valence-electron chi connectivity index (χ3n) is 2.24. The van der Waals surface area contributed by atoms with E-state index in [0.717, 1.165) is 31.4 Å². The van der Waals surface area contributed by atoms with E-state index in [1.54, 1.807) is 0 Å². The van der Waals surface area contributed by atoms with Crippen LogP contribution >= 0.6 is 0 Å². The summed E-state index contributed by atoms with van der Waals surface area (Å²) < 4.78 is 0. The first-order valence-corrected chi connectivity index (χ1v) is 4.63. The molecule has 2 heterocycles. The molecule has 0 aromatic carbocycles. The van der Waals surface area contributed by atoms with E-state index in [0.29, 0.717) is 6.04 Å². The Balaban J connectivity index is 2.08. The molecule has 13 heavy (non-hydrogen) atoms. The average molecular weight is 181 g/mol.